The molecule has 1 rings (SSSR count). The number of ether oxygens (including phenoxy) is 4. The monoisotopic (exact) mass is 801 g/mol. The summed E-state index contributed by atoms with van der Waals surface area (Å²) in [6.07, 6.45) is 31.4. The molecule has 10 nitrogen and oxygen atoms in total. The fourth-order valence-corrected chi connectivity index (χ4v) is 7.48. The van der Waals surface area contributed by atoms with Crippen molar-refractivity contribution < 1.29 is 49.0 Å². The first-order valence-corrected chi connectivity index (χ1v) is 23.6. The Labute approximate surface area is 342 Å². The number of carbonyl (C=O) groups is 2. The van der Waals surface area contributed by atoms with Crippen molar-refractivity contribution in [1.82, 2.24) is 0 Å². The number of hydrogen-bond donors (Lipinski definition) is 4. The second-order valence-electron chi connectivity index (χ2n) is 16.6. The maximum Gasteiger partial charge on any atom is 0.306 e. The van der Waals surface area contributed by atoms with E-state index >= 15 is 0 Å². The second kappa shape index (κ2) is 37.9. The zero-order chi connectivity index (χ0) is 40.9. The van der Waals surface area contributed by atoms with Crippen LogP contribution in [0, 0.1) is 0 Å². The quantitative estimate of drug-likeness (QED) is 0.0348. The summed E-state index contributed by atoms with van der Waals surface area (Å²) in [5, 5.41) is 40.0. The first-order valence-electron chi connectivity index (χ1n) is 23.6. The summed E-state index contributed by atoms with van der Waals surface area (Å²) in [4.78, 5) is 25.2. The van der Waals surface area contributed by atoms with E-state index in [0.29, 0.717) is 6.42 Å². The maximum absolute atomic E-state index is 12.7. The molecule has 56 heavy (non-hydrogen) atoms. The Morgan fingerprint density at radius 3 is 1.21 bits per heavy atom. The van der Waals surface area contributed by atoms with E-state index in [2.05, 4.69) is 13.8 Å². The Balaban J connectivity index is 2.16. The highest BCUT2D eigenvalue weighted by molar-refractivity contribution is 5.70. The second-order valence-corrected chi connectivity index (χ2v) is 16.6. The molecule has 0 spiro atoms. The molecule has 2 unspecified atom stereocenters. The SMILES string of the molecule is CCCCCCCCCCCCCCCCCCCCCCCCCC(=O)OC[C@@H](CO[C@H]1O[C@@H](CO)[C@@H](O)C(O)C1O)OC(=O)CCCCCCCCCC. The highest BCUT2D eigenvalue weighted by atomic mass is 16.7. The van der Waals surface area contributed by atoms with Crippen LogP contribution < -0.4 is 0 Å². The normalized spacial score (nSPS) is 20.3. The molecular weight excluding hydrogens is 712 g/mol. The van der Waals surface area contributed by atoms with E-state index in [0.717, 1.165) is 38.5 Å². The molecule has 0 bridgehead atoms. The van der Waals surface area contributed by atoms with Gasteiger partial charge < -0.3 is 39.4 Å². The molecule has 1 aliphatic rings. The third-order valence-corrected chi connectivity index (χ3v) is 11.2. The van der Waals surface area contributed by atoms with E-state index in [4.69, 9.17) is 18.9 Å². The summed E-state index contributed by atoms with van der Waals surface area (Å²) in [7, 11) is 0. The van der Waals surface area contributed by atoms with Crippen LogP contribution in [0.4, 0.5) is 0 Å². The van der Waals surface area contributed by atoms with Crippen molar-refractivity contribution in [3.63, 3.8) is 0 Å². The minimum absolute atomic E-state index is 0.210. The summed E-state index contributed by atoms with van der Waals surface area (Å²) < 4.78 is 22.1. The van der Waals surface area contributed by atoms with Gasteiger partial charge in [-0.25, -0.2) is 0 Å². The topological polar surface area (TPSA) is 152 Å². The number of rotatable bonds is 40. The largest absolute Gasteiger partial charge is 0.462 e. The number of carbonyl (C=O) groups excluding carboxylic acids is 2. The first kappa shape index (κ1) is 52.7. The van der Waals surface area contributed by atoms with E-state index in [9.17, 15) is 30.0 Å². The molecule has 0 aromatic rings. The summed E-state index contributed by atoms with van der Waals surface area (Å²) in [5.74, 6) is -0.797. The molecule has 0 radical (unpaired) electrons. The Bertz CT molecular complexity index is 886. The van der Waals surface area contributed by atoms with Gasteiger partial charge >= 0.3 is 11.9 Å². The predicted molar refractivity (Wildman–Crippen MR) is 224 cm³/mol. The molecule has 1 heterocycles. The molecule has 10 heteroatoms. The molecule has 0 aromatic heterocycles. The minimum Gasteiger partial charge on any atom is -0.462 e. The lowest BCUT2D eigenvalue weighted by atomic mass is 9.99. The van der Waals surface area contributed by atoms with Crippen LogP contribution in [-0.2, 0) is 28.5 Å². The van der Waals surface area contributed by atoms with E-state index in [1.54, 1.807) is 0 Å². The van der Waals surface area contributed by atoms with Crippen LogP contribution in [0.5, 0.6) is 0 Å². The van der Waals surface area contributed by atoms with Crippen molar-refractivity contribution in [2.75, 3.05) is 19.8 Å². The number of aliphatic hydroxyl groups excluding tert-OH is 4. The van der Waals surface area contributed by atoms with Gasteiger partial charge in [-0.3, -0.25) is 9.59 Å². The van der Waals surface area contributed by atoms with Crippen LogP contribution in [0.2, 0.25) is 0 Å². The number of esters is 2. The van der Waals surface area contributed by atoms with Gasteiger partial charge in [0.2, 0.25) is 0 Å². The van der Waals surface area contributed by atoms with Crippen molar-refractivity contribution in [1.29, 1.82) is 0 Å². The van der Waals surface area contributed by atoms with Crippen molar-refractivity contribution in [3.05, 3.63) is 0 Å². The van der Waals surface area contributed by atoms with Crippen molar-refractivity contribution in [3.8, 4) is 0 Å². The van der Waals surface area contributed by atoms with Crippen molar-refractivity contribution >= 4 is 11.9 Å². The van der Waals surface area contributed by atoms with Crippen LogP contribution in [0.3, 0.4) is 0 Å². The van der Waals surface area contributed by atoms with Crippen LogP contribution in [0.25, 0.3) is 0 Å². The zero-order valence-electron chi connectivity index (χ0n) is 36.2. The fraction of sp³-hybridized carbons (Fsp3) is 0.957. The third-order valence-electron chi connectivity index (χ3n) is 11.2. The molecular formula is C46H88O10. The smallest absolute Gasteiger partial charge is 0.306 e. The summed E-state index contributed by atoms with van der Waals surface area (Å²) in [6, 6.07) is 0. The van der Waals surface area contributed by atoms with Crippen molar-refractivity contribution in [2.24, 2.45) is 0 Å². The molecule has 1 aliphatic heterocycles. The average Bonchev–Trinajstić information content (AvgIpc) is 3.19. The van der Waals surface area contributed by atoms with E-state index < -0.39 is 49.4 Å². The van der Waals surface area contributed by atoms with Crippen LogP contribution in [0.1, 0.15) is 226 Å². The number of aliphatic hydroxyl groups is 4. The van der Waals surface area contributed by atoms with Gasteiger partial charge in [-0.05, 0) is 12.8 Å². The van der Waals surface area contributed by atoms with E-state index in [-0.39, 0.29) is 32.0 Å². The van der Waals surface area contributed by atoms with Crippen LogP contribution in [-0.4, -0.2) is 89.0 Å². The lowest BCUT2D eigenvalue weighted by Crippen LogP contribution is -2.59. The summed E-state index contributed by atoms with van der Waals surface area (Å²) in [6.45, 7) is 3.42. The van der Waals surface area contributed by atoms with E-state index in [1.807, 2.05) is 0 Å². The summed E-state index contributed by atoms with van der Waals surface area (Å²) in [5.41, 5.74) is 0. The lowest BCUT2D eigenvalue weighted by Gasteiger charge is -2.39. The molecule has 0 aromatic carbocycles. The van der Waals surface area contributed by atoms with Gasteiger partial charge in [-0.1, -0.05) is 200 Å². The average molecular weight is 801 g/mol. The first-order chi connectivity index (χ1) is 27.3. The molecule has 0 aliphatic carbocycles. The Hall–Kier alpha value is -1.30. The van der Waals surface area contributed by atoms with Gasteiger partial charge in [0.15, 0.2) is 12.4 Å². The molecule has 1 saturated heterocycles. The molecule has 0 saturated carbocycles. The maximum atomic E-state index is 12.7. The van der Waals surface area contributed by atoms with Crippen molar-refractivity contribution in [2.45, 2.75) is 263 Å². The molecule has 6 atom stereocenters. The highest BCUT2D eigenvalue weighted by Crippen LogP contribution is 2.23. The van der Waals surface area contributed by atoms with Gasteiger partial charge in [-0.15, -0.1) is 0 Å². The van der Waals surface area contributed by atoms with Gasteiger partial charge in [0.25, 0.3) is 0 Å². The fourth-order valence-electron chi connectivity index (χ4n) is 7.48. The van der Waals surface area contributed by atoms with Gasteiger partial charge in [-0.2, -0.15) is 0 Å². The molecule has 332 valence electrons. The molecule has 0 amide bonds. The Morgan fingerprint density at radius 1 is 0.482 bits per heavy atom. The number of hydrogen-bond acceptors (Lipinski definition) is 10. The molecule has 4 N–H and O–H groups in total. The van der Waals surface area contributed by atoms with Gasteiger partial charge in [0.05, 0.1) is 13.2 Å². The van der Waals surface area contributed by atoms with Crippen LogP contribution in [0.15, 0.2) is 0 Å². The highest BCUT2D eigenvalue weighted by Gasteiger charge is 2.44. The zero-order valence-corrected chi connectivity index (χ0v) is 36.2. The Morgan fingerprint density at radius 2 is 0.839 bits per heavy atom. The predicted octanol–water partition coefficient (Wildman–Crippen LogP) is 10.2. The molecule has 1 fully saturated rings. The van der Waals surface area contributed by atoms with Gasteiger partial charge in [0, 0.05) is 12.8 Å². The minimum atomic E-state index is -1.59. The lowest BCUT2D eigenvalue weighted by molar-refractivity contribution is -0.305. The van der Waals surface area contributed by atoms with E-state index in [1.165, 1.54) is 154 Å². The third kappa shape index (κ3) is 29.0. The van der Waals surface area contributed by atoms with Gasteiger partial charge in [0.1, 0.15) is 31.0 Å². The summed E-state index contributed by atoms with van der Waals surface area (Å²) >= 11 is 0. The standard InChI is InChI=1S/C46H88O10/c1-3-5-7-9-11-13-14-15-16-17-18-19-20-21-22-23-24-25-26-27-29-30-32-34-41(48)53-37-39(55-42(49)35-33-31-28-12-10-8-6-4-2)38-54-46-45(52)44(51)43(50)40(36-47)56-46/h39-40,43-47,50-52H,3-38H2,1-2H3/t39-,40-,43+,44?,45?,46-/m0/s1. The van der Waals surface area contributed by atoms with Crippen LogP contribution >= 0.6 is 0 Å². The Kier molecular flexibility index (Phi) is 35.7. The number of unbranched alkanes of at least 4 members (excludes halogenated alkanes) is 29.